The van der Waals surface area contributed by atoms with Crippen LogP contribution in [0.2, 0.25) is 0 Å². The van der Waals surface area contributed by atoms with Gasteiger partial charge in [-0.25, -0.2) is 9.59 Å². The quantitative estimate of drug-likeness (QED) is 0.531. The number of hydrogen-bond donors (Lipinski definition) is 3. The zero-order chi connectivity index (χ0) is 20.2. The molecule has 1 aromatic carbocycles. The standard InChI is InChI=1S/C19H28N2O5S/c1-4-13(2)16(17(22)20-15(18(23)24)10-11-27-3)21-19(25)26-12-14-8-6-5-7-9-14/h5-9,13,15-16H,4,10-12H2,1-3H3,(H,20,22)(H,21,25)(H,23,24)/t13-,15-,16+/m0/s1. The van der Waals surface area contributed by atoms with E-state index in [4.69, 9.17) is 4.74 Å². The van der Waals surface area contributed by atoms with E-state index in [9.17, 15) is 19.5 Å². The number of ether oxygens (including phenoxy) is 1. The fourth-order valence-electron chi connectivity index (χ4n) is 2.35. The average Bonchev–Trinajstić information content (AvgIpc) is 2.67. The number of thioether (sulfide) groups is 1. The van der Waals surface area contributed by atoms with Gasteiger partial charge in [0.05, 0.1) is 0 Å². The van der Waals surface area contributed by atoms with Crippen LogP contribution in [0, 0.1) is 5.92 Å². The van der Waals surface area contributed by atoms with E-state index in [0.717, 1.165) is 5.56 Å². The second-order valence-electron chi connectivity index (χ2n) is 6.25. The van der Waals surface area contributed by atoms with Gasteiger partial charge < -0.3 is 20.5 Å². The highest BCUT2D eigenvalue weighted by Crippen LogP contribution is 2.10. The van der Waals surface area contributed by atoms with Gasteiger partial charge in [0.15, 0.2) is 0 Å². The summed E-state index contributed by atoms with van der Waals surface area (Å²) in [7, 11) is 0. The molecular formula is C19H28N2O5S. The van der Waals surface area contributed by atoms with Crippen molar-refractivity contribution in [3.8, 4) is 0 Å². The second kappa shape index (κ2) is 12.2. The molecule has 0 aliphatic carbocycles. The third-order valence-electron chi connectivity index (χ3n) is 4.21. The fourth-order valence-corrected chi connectivity index (χ4v) is 2.82. The maximum atomic E-state index is 12.6. The van der Waals surface area contributed by atoms with Crippen LogP contribution in [-0.2, 0) is 20.9 Å². The van der Waals surface area contributed by atoms with Gasteiger partial charge in [-0.3, -0.25) is 4.79 Å². The number of hydrogen-bond acceptors (Lipinski definition) is 5. The Morgan fingerprint density at radius 2 is 1.85 bits per heavy atom. The van der Waals surface area contributed by atoms with Crippen molar-refractivity contribution in [3.05, 3.63) is 35.9 Å². The zero-order valence-corrected chi connectivity index (χ0v) is 16.8. The highest BCUT2D eigenvalue weighted by Gasteiger charge is 2.30. The third-order valence-corrected chi connectivity index (χ3v) is 4.85. The van der Waals surface area contributed by atoms with E-state index in [0.29, 0.717) is 18.6 Å². The number of nitrogens with one attached hydrogen (secondary N) is 2. The average molecular weight is 397 g/mol. The van der Waals surface area contributed by atoms with Gasteiger partial charge in [-0.2, -0.15) is 11.8 Å². The van der Waals surface area contributed by atoms with Gasteiger partial charge in [0.2, 0.25) is 5.91 Å². The first-order valence-electron chi connectivity index (χ1n) is 8.88. The molecule has 7 nitrogen and oxygen atoms in total. The molecule has 0 saturated heterocycles. The van der Waals surface area contributed by atoms with E-state index < -0.39 is 30.1 Å². The Labute approximate surface area is 164 Å². The van der Waals surface area contributed by atoms with Gasteiger partial charge in [-0.05, 0) is 29.9 Å². The van der Waals surface area contributed by atoms with Crippen LogP contribution in [0.3, 0.4) is 0 Å². The lowest BCUT2D eigenvalue weighted by Crippen LogP contribution is -2.54. The van der Waals surface area contributed by atoms with Gasteiger partial charge in [-0.15, -0.1) is 0 Å². The van der Waals surface area contributed by atoms with Crippen molar-refractivity contribution in [1.82, 2.24) is 10.6 Å². The molecule has 150 valence electrons. The first-order valence-corrected chi connectivity index (χ1v) is 10.3. The van der Waals surface area contributed by atoms with Crippen LogP contribution >= 0.6 is 11.8 Å². The molecule has 0 aliphatic rings. The van der Waals surface area contributed by atoms with Gasteiger partial charge in [0.25, 0.3) is 0 Å². The van der Waals surface area contributed by atoms with Crippen LogP contribution in [0.25, 0.3) is 0 Å². The molecule has 0 bridgehead atoms. The number of alkyl carbamates (subject to hydrolysis) is 1. The normalized spacial score (nSPS) is 13.9. The highest BCUT2D eigenvalue weighted by molar-refractivity contribution is 7.98. The number of carbonyl (C=O) groups excluding carboxylic acids is 2. The Hall–Kier alpha value is -2.22. The van der Waals surface area contributed by atoms with E-state index in [-0.39, 0.29) is 12.5 Å². The summed E-state index contributed by atoms with van der Waals surface area (Å²) in [6.07, 6.45) is 2.11. The minimum Gasteiger partial charge on any atom is -0.480 e. The highest BCUT2D eigenvalue weighted by atomic mass is 32.2. The molecule has 3 N–H and O–H groups in total. The van der Waals surface area contributed by atoms with E-state index in [1.54, 1.807) is 0 Å². The van der Waals surface area contributed by atoms with E-state index >= 15 is 0 Å². The molecule has 0 heterocycles. The lowest BCUT2D eigenvalue weighted by molar-refractivity contribution is -0.142. The molecule has 0 radical (unpaired) electrons. The minimum absolute atomic E-state index is 0.0903. The van der Waals surface area contributed by atoms with Crippen LogP contribution in [-0.4, -0.2) is 47.2 Å². The molecule has 2 amide bonds. The molecule has 0 saturated carbocycles. The first kappa shape index (κ1) is 22.8. The lowest BCUT2D eigenvalue weighted by Gasteiger charge is -2.25. The summed E-state index contributed by atoms with van der Waals surface area (Å²) in [5, 5.41) is 14.4. The van der Waals surface area contributed by atoms with Crippen LogP contribution < -0.4 is 10.6 Å². The van der Waals surface area contributed by atoms with Crippen LogP contribution in [0.5, 0.6) is 0 Å². The molecule has 0 fully saturated rings. The number of carboxylic acids is 1. The lowest BCUT2D eigenvalue weighted by atomic mass is 9.98. The molecule has 1 aromatic rings. The van der Waals surface area contributed by atoms with Gasteiger partial charge >= 0.3 is 12.1 Å². The van der Waals surface area contributed by atoms with E-state index in [2.05, 4.69) is 10.6 Å². The number of carbonyl (C=O) groups is 3. The van der Waals surface area contributed by atoms with Crippen molar-refractivity contribution in [2.75, 3.05) is 12.0 Å². The van der Waals surface area contributed by atoms with Crippen LogP contribution in [0.15, 0.2) is 30.3 Å². The summed E-state index contributed by atoms with van der Waals surface area (Å²) < 4.78 is 5.17. The monoisotopic (exact) mass is 396 g/mol. The van der Waals surface area contributed by atoms with Crippen molar-refractivity contribution in [1.29, 1.82) is 0 Å². The summed E-state index contributed by atoms with van der Waals surface area (Å²) in [5.74, 6) is -1.18. The molecule has 27 heavy (non-hydrogen) atoms. The largest absolute Gasteiger partial charge is 0.480 e. The summed E-state index contributed by atoms with van der Waals surface area (Å²) >= 11 is 1.50. The Bertz CT molecular complexity index is 611. The van der Waals surface area contributed by atoms with E-state index in [1.165, 1.54) is 11.8 Å². The first-order chi connectivity index (χ1) is 12.9. The topological polar surface area (TPSA) is 105 Å². The molecule has 0 aromatic heterocycles. The molecule has 8 heteroatoms. The van der Waals surface area contributed by atoms with Crippen molar-refractivity contribution in [2.24, 2.45) is 5.92 Å². The summed E-state index contributed by atoms with van der Waals surface area (Å²) in [6, 6.07) is 7.35. The Morgan fingerprint density at radius 3 is 2.41 bits per heavy atom. The predicted octanol–water partition coefficient (Wildman–Crippen LogP) is 2.65. The fraction of sp³-hybridized carbons (Fsp3) is 0.526. The Kier molecular flexibility index (Phi) is 10.3. The Balaban J connectivity index is 2.68. The van der Waals surface area contributed by atoms with Gasteiger partial charge in [0, 0.05) is 0 Å². The third kappa shape index (κ3) is 8.34. The van der Waals surface area contributed by atoms with Crippen molar-refractivity contribution in [2.45, 2.75) is 45.4 Å². The Morgan fingerprint density at radius 1 is 1.19 bits per heavy atom. The zero-order valence-electron chi connectivity index (χ0n) is 15.9. The second-order valence-corrected chi connectivity index (χ2v) is 7.24. The maximum absolute atomic E-state index is 12.6. The molecule has 0 unspecified atom stereocenters. The summed E-state index contributed by atoms with van der Waals surface area (Å²) in [5.41, 5.74) is 0.834. The molecule has 1 rings (SSSR count). The number of rotatable bonds is 11. The summed E-state index contributed by atoms with van der Waals surface area (Å²) in [4.78, 5) is 36.0. The van der Waals surface area contributed by atoms with Crippen molar-refractivity contribution >= 4 is 29.7 Å². The van der Waals surface area contributed by atoms with E-state index in [1.807, 2.05) is 50.4 Å². The van der Waals surface area contributed by atoms with Gasteiger partial charge in [-0.1, -0.05) is 50.6 Å². The number of aliphatic carboxylic acids is 1. The SMILES string of the molecule is CC[C@H](C)[C@@H](NC(=O)OCc1ccccc1)C(=O)N[C@@H](CCSC)C(=O)O. The van der Waals surface area contributed by atoms with Crippen molar-refractivity contribution in [3.63, 3.8) is 0 Å². The molecule has 0 spiro atoms. The maximum Gasteiger partial charge on any atom is 0.408 e. The number of carboxylic acid groups (broad SMARTS) is 1. The summed E-state index contributed by atoms with van der Waals surface area (Å²) in [6.45, 7) is 3.80. The molecular weight excluding hydrogens is 368 g/mol. The van der Waals surface area contributed by atoms with Crippen molar-refractivity contribution < 1.29 is 24.2 Å². The van der Waals surface area contributed by atoms with Crippen LogP contribution in [0.1, 0.15) is 32.3 Å². The smallest absolute Gasteiger partial charge is 0.408 e. The molecule has 3 atom stereocenters. The molecule has 0 aliphatic heterocycles. The van der Waals surface area contributed by atoms with Crippen LogP contribution in [0.4, 0.5) is 4.79 Å². The number of amides is 2. The minimum atomic E-state index is -1.09. The number of benzene rings is 1. The predicted molar refractivity (Wildman–Crippen MR) is 106 cm³/mol. The van der Waals surface area contributed by atoms with Gasteiger partial charge in [0.1, 0.15) is 18.7 Å².